The molecule has 0 saturated carbocycles. The molecule has 2 aromatic rings. The molecule has 2 N–H and O–H groups in total. The van der Waals surface area contributed by atoms with Gasteiger partial charge >= 0.3 is 0 Å². The molecule has 0 spiro atoms. The van der Waals surface area contributed by atoms with Crippen molar-refractivity contribution in [2.75, 3.05) is 11.1 Å². The lowest BCUT2D eigenvalue weighted by Gasteiger charge is -2.09. The van der Waals surface area contributed by atoms with Crippen LogP contribution in [0.3, 0.4) is 0 Å². The molecule has 0 aliphatic rings. The van der Waals surface area contributed by atoms with Gasteiger partial charge in [0.25, 0.3) is 0 Å². The lowest BCUT2D eigenvalue weighted by molar-refractivity contribution is -0.113. The van der Waals surface area contributed by atoms with Crippen molar-refractivity contribution in [3.8, 4) is 5.75 Å². The highest BCUT2D eigenvalue weighted by Gasteiger charge is 2.07. The number of hydrogen-bond acceptors (Lipinski definition) is 3. The van der Waals surface area contributed by atoms with E-state index in [1.165, 1.54) is 11.8 Å². The predicted molar refractivity (Wildman–Crippen MR) is 83.6 cm³/mol. The average molecular weight is 308 g/mol. The number of aromatic hydroxyl groups is 1. The summed E-state index contributed by atoms with van der Waals surface area (Å²) in [5.74, 6) is 0.302. The summed E-state index contributed by atoms with van der Waals surface area (Å²) in [4.78, 5) is 12.6. The number of thioether (sulfide) groups is 1. The minimum Gasteiger partial charge on any atom is -0.507 e. The van der Waals surface area contributed by atoms with Crippen LogP contribution in [0.2, 0.25) is 5.02 Å². The Balaban J connectivity index is 1.94. The number of aryl methyl sites for hydroxylation is 1. The van der Waals surface area contributed by atoms with Crippen molar-refractivity contribution in [1.29, 1.82) is 0 Å². The van der Waals surface area contributed by atoms with Gasteiger partial charge in [0, 0.05) is 15.6 Å². The van der Waals surface area contributed by atoms with E-state index >= 15 is 0 Å². The second-order valence-corrected chi connectivity index (χ2v) is 5.72. The summed E-state index contributed by atoms with van der Waals surface area (Å²) >= 11 is 7.16. The molecule has 0 unspecified atom stereocenters. The Bertz CT molecular complexity index is 631. The minimum absolute atomic E-state index is 0.122. The van der Waals surface area contributed by atoms with Crippen LogP contribution in [-0.2, 0) is 4.79 Å². The molecule has 20 heavy (non-hydrogen) atoms. The standard InChI is InChI=1S/C15H14ClNO2S/c1-10-8-11(16)6-7-12(10)17-15(19)9-20-14-5-3-2-4-13(14)18/h2-8,18H,9H2,1H3,(H,17,19). The van der Waals surface area contributed by atoms with Crippen LogP contribution in [0, 0.1) is 6.92 Å². The van der Waals surface area contributed by atoms with Crippen molar-refractivity contribution in [3.05, 3.63) is 53.1 Å². The monoisotopic (exact) mass is 307 g/mol. The maximum atomic E-state index is 11.9. The highest BCUT2D eigenvalue weighted by molar-refractivity contribution is 8.00. The first-order valence-electron chi connectivity index (χ1n) is 6.03. The quantitative estimate of drug-likeness (QED) is 0.837. The van der Waals surface area contributed by atoms with Gasteiger partial charge in [0.05, 0.1) is 5.75 Å². The minimum atomic E-state index is -0.122. The van der Waals surface area contributed by atoms with Crippen LogP contribution in [-0.4, -0.2) is 16.8 Å². The number of phenolic OH excluding ortho intramolecular Hbond substituents is 1. The summed E-state index contributed by atoms with van der Waals surface area (Å²) in [6.45, 7) is 1.89. The van der Waals surface area contributed by atoms with Crippen molar-refractivity contribution in [1.82, 2.24) is 0 Å². The topological polar surface area (TPSA) is 49.3 Å². The zero-order valence-electron chi connectivity index (χ0n) is 10.9. The van der Waals surface area contributed by atoms with Crippen molar-refractivity contribution in [2.24, 2.45) is 0 Å². The first kappa shape index (κ1) is 14.8. The van der Waals surface area contributed by atoms with Crippen molar-refractivity contribution >= 4 is 35.0 Å². The molecular formula is C15H14ClNO2S. The zero-order valence-corrected chi connectivity index (χ0v) is 12.5. The van der Waals surface area contributed by atoms with Crippen LogP contribution < -0.4 is 5.32 Å². The number of halogens is 1. The van der Waals surface area contributed by atoms with E-state index in [4.69, 9.17) is 11.6 Å². The summed E-state index contributed by atoms with van der Waals surface area (Å²) in [5, 5.41) is 13.1. The van der Waals surface area contributed by atoms with E-state index < -0.39 is 0 Å². The highest BCUT2D eigenvalue weighted by atomic mass is 35.5. The molecule has 1 amide bonds. The van der Waals surface area contributed by atoms with Crippen molar-refractivity contribution < 1.29 is 9.90 Å². The fraction of sp³-hybridized carbons (Fsp3) is 0.133. The van der Waals surface area contributed by atoms with E-state index in [9.17, 15) is 9.90 Å². The van der Waals surface area contributed by atoms with Gasteiger partial charge in [0.1, 0.15) is 5.75 Å². The van der Waals surface area contributed by atoms with Gasteiger partial charge < -0.3 is 10.4 Å². The van der Waals surface area contributed by atoms with Crippen molar-refractivity contribution in [2.45, 2.75) is 11.8 Å². The van der Waals surface area contributed by atoms with E-state index in [2.05, 4.69) is 5.32 Å². The second kappa shape index (κ2) is 6.68. The molecule has 0 bridgehead atoms. The Morgan fingerprint density at radius 2 is 2.05 bits per heavy atom. The summed E-state index contributed by atoms with van der Waals surface area (Å²) < 4.78 is 0. The molecule has 3 nitrogen and oxygen atoms in total. The number of rotatable bonds is 4. The Morgan fingerprint density at radius 3 is 2.75 bits per heavy atom. The van der Waals surface area contributed by atoms with Crippen molar-refractivity contribution in [3.63, 3.8) is 0 Å². The van der Waals surface area contributed by atoms with E-state index in [0.29, 0.717) is 9.92 Å². The maximum Gasteiger partial charge on any atom is 0.234 e. The van der Waals surface area contributed by atoms with E-state index in [1.807, 2.05) is 13.0 Å². The number of amides is 1. The van der Waals surface area contributed by atoms with Crippen LogP contribution in [0.1, 0.15) is 5.56 Å². The van der Waals surface area contributed by atoms with Crippen LogP contribution in [0.4, 0.5) is 5.69 Å². The lowest BCUT2D eigenvalue weighted by Crippen LogP contribution is -2.14. The van der Waals surface area contributed by atoms with E-state index in [-0.39, 0.29) is 17.4 Å². The lowest BCUT2D eigenvalue weighted by atomic mass is 10.2. The number of carbonyl (C=O) groups excluding carboxylic acids is 1. The normalized spacial score (nSPS) is 10.3. The maximum absolute atomic E-state index is 11.9. The molecule has 0 aliphatic carbocycles. The first-order chi connectivity index (χ1) is 9.56. The highest BCUT2D eigenvalue weighted by Crippen LogP contribution is 2.27. The molecule has 0 radical (unpaired) electrons. The molecule has 5 heteroatoms. The number of benzene rings is 2. The number of carbonyl (C=O) groups is 1. The molecular weight excluding hydrogens is 294 g/mol. The Hall–Kier alpha value is -1.65. The Labute approximate surface area is 127 Å². The molecule has 0 atom stereocenters. The van der Waals surface area contributed by atoms with Gasteiger partial charge in [-0.15, -0.1) is 11.8 Å². The SMILES string of the molecule is Cc1cc(Cl)ccc1NC(=O)CSc1ccccc1O. The van der Waals surface area contributed by atoms with Gasteiger partial charge in [-0.2, -0.15) is 0 Å². The van der Waals surface area contributed by atoms with Gasteiger partial charge in [-0.05, 0) is 42.8 Å². The van der Waals surface area contributed by atoms with E-state index in [1.54, 1.807) is 36.4 Å². The first-order valence-corrected chi connectivity index (χ1v) is 7.39. The molecule has 0 heterocycles. The van der Waals surface area contributed by atoms with Gasteiger partial charge in [0.2, 0.25) is 5.91 Å². The van der Waals surface area contributed by atoms with Gasteiger partial charge in [-0.1, -0.05) is 23.7 Å². The molecule has 0 aromatic heterocycles. The number of nitrogens with one attached hydrogen (secondary N) is 1. The molecule has 104 valence electrons. The van der Waals surface area contributed by atoms with Gasteiger partial charge in [-0.25, -0.2) is 0 Å². The van der Waals surface area contributed by atoms with Gasteiger partial charge in [0.15, 0.2) is 0 Å². The van der Waals surface area contributed by atoms with Crippen LogP contribution in [0.15, 0.2) is 47.4 Å². The molecule has 2 aromatic carbocycles. The summed E-state index contributed by atoms with van der Waals surface area (Å²) in [7, 11) is 0. The second-order valence-electron chi connectivity index (χ2n) is 4.26. The van der Waals surface area contributed by atoms with E-state index in [0.717, 1.165) is 11.3 Å². The van der Waals surface area contributed by atoms with Crippen LogP contribution in [0.25, 0.3) is 0 Å². The number of phenols is 1. The third kappa shape index (κ3) is 3.92. The fourth-order valence-electron chi connectivity index (χ4n) is 1.68. The summed E-state index contributed by atoms with van der Waals surface area (Å²) in [6.07, 6.45) is 0. The third-order valence-corrected chi connectivity index (χ3v) is 3.98. The number of para-hydroxylation sites is 1. The number of anilines is 1. The molecule has 0 saturated heterocycles. The molecule has 2 rings (SSSR count). The van der Waals surface area contributed by atoms with Crippen LogP contribution in [0.5, 0.6) is 5.75 Å². The number of hydrogen-bond donors (Lipinski definition) is 2. The summed E-state index contributed by atoms with van der Waals surface area (Å²) in [6, 6.07) is 12.3. The molecule has 0 aliphatic heterocycles. The largest absolute Gasteiger partial charge is 0.507 e. The van der Waals surface area contributed by atoms with Gasteiger partial charge in [-0.3, -0.25) is 4.79 Å². The summed E-state index contributed by atoms with van der Waals surface area (Å²) in [5.41, 5.74) is 1.66. The average Bonchev–Trinajstić information content (AvgIpc) is 2.41. The Morgan fingerprint density at radius 1 is 1.30 bits per heavy atom. The third-order valence-electron chi connectivity index (χ3n) is 2.69. The molecule has 0 fully saturated rings. The Kier molecular flexibility index (Phi) is 4.93. The van der Waals surface area contributed by atoms with Crippen LogP contribution >= 0.6 is 23.4 Å². The predicted octanol–water partition coefficient (Wildman–Crippen LogP) is 4.08. The zero-order chi connectivity index (χ0) is 14.5. The smallest absolute Gasteiger partial charge is 0.234 e. The fourth-order valence-corrected chi connectivity index (χ4v) is 2.65.